The van der Waals surface area contributed by atoms with E-state index in [0.717, 1.165) is 11.1 Å². The average molecular weight is 394 g/mol. The molecule has 2 amide bonds. The standard InChI is InChI=1S/C23H26N2O4/c1-15(2)18-14-29-23(28)25(18)20-19(21(26)17-11-7-4-8-12-17)24(22(20)27)13-16-9-5-3-6-10-16/h3-12,15,18-21,26H,13-14H2,1-2H3/t18-,19+,20-,21-/m1/s1. The zero-order valence-corrected chi connectivity index (χ0v) is 16.6. The molecular weight excluding hydrogens is 368 g/mol. The molecule has 0 radical (unpaired) electrons. The van der Waals surface area contributed by atoms with Crippen LogP contribution in [0.3, 0.4) is 0 Å². The quantitative estimate of drug-likeness (QED) is 0.765. The van der Waals surface area contributed by atoms with Gasteiger partial charge in [0.15, 0.2) is 0 Å². The van der Waals surface area contributed by atoms with Crippen LogP contribution in [0.15, 0.2) is 60.7 Å². The molecule has 2 fully saturated rings. The first-order valence-electron chi connectivity index (χ1n) is 10.0. The minimum atomic E-state index is -0.899. The summed E-state index contributed by atoms with van der Waals surface area (Å²) in [5.41, 5.74) is 1.70. The first-order chi connectivity index (χ1) is 14.0. The van der Waals surface area contributed by atoms with Crippen molar-refractivity contribution in [1.29, 1.82) is 0 Å². The fraction of sp³-hybridized carbons (Fsp3) is 0.391. The summed E-state index contributed by atoms with van der Waals surface area (Å²) in [5.74, 6) is -0.00900. The van der Waals surface area contributed by atoms with Crippen molar-refractivity contribution < 1.29 is 19.4 Å². The molecule has 0 spiro atoms. The predicted octanol–water partition coefficient (Wildman–Crippen LogP) is 2.98. The number of amides is 2. The highest BCUT2D eigenvalue weighted by molar-refractivity contribution is 5.93. The first kappa shape index (κ1) is 19.5. The molecule has 6 heteroatoms. The monoisotopic (exact) mass is 394 g/mol. The maximum absolute atomic E-state index is 13.2. The van der Waals surface area contributed by atoms with Crippen LogP contribution in [0.1, 0.15) is 31.1 Å². The molecule has 2 aromatic carbocycles. The van der Waals surface area contributed by atoms with Crippen molar-refractivity contribution in [1.82, 2.24) is 9.80 Å². The van der Waals surface area contributed by atoms with Gasteiger partial charge in [-0.1, -0.05) is 74.5 Å². The number of cyclic esters (lactones) is 1. The van der Waals surface area contributed by atoms with Gasteiger partial charge in [-0.25, -0.2) is 4.79 Å². The first-order valence-corrected chi connectivity index (χ1v) is 10.0. The van der Waals surface area contributed by atoms with Crippen LogP contribution in [0.4, 0.5) is 4.79 Å². The number of hydrogen-bond acceptors (Lipinski definition) is 4. The number of carbonyl (C=O) groups is 2. The van der Waals surface area contributed by atoms with Crippen LogP contribution in [0.5, 0.6) is 0 Å². The van der Waals surface area contributed by atoms with Crippen molar-refractivity contribution in [2.45, 2.75) is 44.6 Å². The van der Waals surface area contributed by atoms with Crippen LogP contribution < -0.4 is 0 Å². The SMILES string of the molecule is CC(C)[C@H]1COC(=O)N1[C@H]1C(=O)N(Cc2ccccc2)[C@@H]1[C@H](O)c1ccccc1. The van der Waals surface area contributed by atoms with Gasteiger partial charge in [0.05, 0.1) is 12.1 Å². The Balaban J connectivity index is 1.66. The van der Waals surface area contributed by atoms with E-state index >= 15 is 0 Å². The lowest BCUT2D eigenvalue weighted by atomic mass is 9.84. The molecule has 2 heterocycles. The molecule has 0 bridgehead atoms. The predicted molar refractivity (Wildman–Crippen MR) is 108 cm³/mol. The third kappa shape index (κ3) is 3.49. The Kier molecular flexibility index (Phi) is 5.28. The smallest absolute Gasteiger partial charge is 0.410 e. The van der Waals surface area contributed by atoms with Crippen molar-refractivity contribution in [2.75, 3.05) is 6.61 Å². The van der Waals surface area contributed by atoms with Crippen molar-refractivity contribution in [3.63, 3.8) is 0 Å². The topological polar surface area (TPSA) is 70.1 Å². The maximum Gasteiger partial charge on any atom is 0.410 e. The number of aliphatic hydroxyl groups is 1. The van der Waals surface area contributed by atoms with Gasteiger partial charge in [-0.2, -0.15) is 0 Å². The number of hydrogen-bond donors (Lipinski definition) is 1. The highest BCUT2D eigenvalue weighted by Crippen LogP contribution is 2.39. The van der Waals surface area contributed by atoms with Gasteiger partial charge in [-0.3, -0.25) is 9.69 Å². The minimum Gasteiger partial charge on any atom is -0.447 e. The molecule has 2 aliphatic rings. The van der Waals surface area contributed by atoms with Crippen LogP contribution in [0.2, 0.25) is 0 Å². The minimum absolute atomic E-state index is 0.145. The summed E-state index contributed by atoms with van der Waals surface area (Å²) in [4.78, 5) is 28.9. The molecule has 0 aromatic heterocycles. The third-order valence-electron chi connectivity index (χ3n) is 5.89. The van der Waals surface area contributed by atoms with E-state index in [2.05, 4.69) is 0 Å². The van der Waals surface area contributed by atoms with Crippen LogP contribution in [-0.4, -0.2) is 51.6 Å². The summed E-state index contributed by atoms with van der Waals surface area (Å²) in [6, 6.07) is 17.5. The Hall–Kier alpha value is -2.86. The van der Waals surface area contributed by atoms with Crippen molar-refractivity contribution in [3.05, 3.63) is 71.8 Å². The van der Waals surface area contributed by atoms with E-state index in [0.29, 0.717) is 6.54 Å². The second-order valence-corrected chi connectivity index (χ2v) is 8.04. The van der Waals surface area contributed by atoms with E-state index in [1.54, 1.807) is 9.80 Å². The van der Waals surface area contributed by atoms with Gasteiger partial charge in [0.1, 0.15) is 18.8 Å². The van der Waals surface area contributed by atoms with Gasteiger partial charge in [0, 0.05) is 6.54 Å². The Labute approximate surface area is 170 Å². The number of nitrogens with zero attached hydrogens (tertiary/aromatic N) is 2. The lowest BCUT2D eigenvalue weighted by Gasteiger charge is -2.53. The number of likely N-dealkylation sites (tertiary alicyclic amines) is 1. The molecule has 2 saturated heterocycles. The second-order valence-electron chi connectivity index (χ2n) is 8.04. The maximum atomic E-state index is 13.2. The molecule has 2 aromatic rings. The molecule has 4 rings (SSSR count). The summed E-state index contributed by atoms with van der Waals surface area (Å²) >= 11 is 0. The van der Waals surface area contributed by atoms with Gasteiger partial charge >= 0.3 is 6.09 Å². The Morgan fingerprint density at radius 3 is 2.28 bits per heavy atom. The Bertz CT molecular complexity index is 871. The van der Waals surface area contributed by atoms with Crippen molar-refractivity contribution in [3.8, 4) is 0 Å². The van der Waals surface area contributed by atoms with Gasteiger partial charge in [0.25, 0.3) is 0 Å². The third-order valence-corrected chi connectivity index (χ3v) is 5.89. The van der Waals surface area contributed by atoms with Crippen molar-refractivity contribution >= 4 is 12.0 Å². The Morgan fingerprint density at radius 2 is 1.66 bits per heavy atom. The lowest BCUT2D eigenvalue weighted by Crippen LogP contribution is -2.73. The molecule has 4 atom stereocenters. The van der Waals surface area contributed by atoms with E-state index in [4.69, 9.17) is 4.74 Å². The fourth-order valence-corrected chi connectivity index (χ4v) is 4.27. The number of benzene rings is 2. The average Bonchev–Trinajstić information content (AvgIpc) is 3.12. The van der Waals surface area contributed by atoms with Crippen LogP contribution in [0, 0.1) is 5.92 Å². The highest BCUT2D eigenvalue weighted by atomic mass is 16.6. The van der Waals surface area contributed by atoms with Crippen LogP contribution >= 0.6 is 0 Å². The van der Waals surface area contributed by atoms with Gasteiger partial charge in [-0.05, 0) is 17.0 Å². The van der Waals surface area contributed by atoms with Gasteiger partial charge in [0.2, 0.25) is 5.91 Å². The summed E-state index contributed by atoms with van der Waals surface area (Å²) in [7, 11) is 0. The highest BCUT2D eigenvalue weighted by Gasteiger charge is 2.58. The summed E-state index contributed by atoms with van der Waals surface area (Å²) < 4.78 is 5.27. The molecule has 152 valence electrons. The molecule has 6 nitrogen and oxygen atoms in total. The lowest BCUT2D eigenvalue weighted by molar-refractivity contribution is -0.168. The Morgan fingerprint density at radius 1 is 1.03 bits per heavy atom. The number of carbonyl (C=O) groups excluding carboxylic acids is 2. The molecule has 0 aliphatic carbocycles. The molecule has 0 unspecified atom stereocenters. The summed E-state index contributed by atoms with van der Waals surface area (Å²) in [6.07, 6.45) is -1.38. The fourth-order valence-electron chi connectivity index (χ4n) is 4.27. The molecule has 1 N–H and O–H groups in total. The van der Waals surface area contributed by atoms with E-state index in [1.807, 2.05) is 74.5 Å². The normalized spacial score (nSPS) is 25.2. The largest absolute Gasteiger partial charge is 0.447 e. The van der Waals surface area contributed by atoms with Crippen LogP contribution in [0.25, 0.3) is 0 Å². The zero-order chi connectivity index (χ0) is 20.5. The summed E-state index contributed by atoms with van der Waals surface area (Å²) in [5, 5.41) is 11.2. The van der Waals surface area contributed by atoms with E-state index in [-0.39, 0.29) is 24.5 Å². The summed E-state index contributed by atoms with van der Waals surface area (Å²) in [6.45, 7) is 4.67. The number of rotatable bonds is 6. The number of ether oxygens (including phenoxy) is 1. The van der Waals surface area contributed by atoms with E-state index < -0.39 is 24.3 Å². The van der Waals surface area contributed by atoms with E-state index in [9.17, 15) is 14.7 Å². The molecule has 2 aliphatic heterocycles. The number of aliphatic hydroxyl groups excluding tert-OH is 1. The molecule has 0 saturated carbocycles. The molecule has 29 heavy (non-hydrogen) atoms. The van der Waals surface area contributed by atoms with Crippen molar-refractivity contribution in [2.24, 2.45) is 5.92 Å². The molecular formula is C23H26N2O4. The number of β-lactam (4-membered cyclic amide) rings is 1. The van der Waals surface area contributed by atoms with Gasteiger partial charge in [-0.15, -0.1) is 0 Å². The van der Waals surface area contributed by atoms with E-state index in [1.165, 1.54) is 0 Å². The van der Waals surface area contributed by atoms with Crippen LogP contribution in [-0.2, 0) is 16.1 Å². The van der Waals surface area contributed by atoms with Gasteiger partial charge < -0.3 is 14.7 Å². The zero-order valence-electron chi connectivity index (χ0n) is 16.6. The second kappa shape index (κ2) is 7.87.